The molecule has 0 aliphatic rings. The molecular formula is C9H17N3O2S. The molecule has 0 aromatic carbocycles. The maximum atomic E-state index is 11.1. The lowest BCUT2D eigenvalue weighted by atomic mass is 10.4. The zero-order valence-corrected chi connectivity index (χ0v) is 10.1. The number of nitrogens with zero attached hydrogens (tertiary/aromatic N) is 2. The van der Waals surface area contributed by atoms with Crippen molar-refractivity contribution in [3.63, 3.8) is 0 Å². The number of hydrogen-bond donors (Lipinski definition) is 1. The Morgan fingerprint density at radius 1 is 1.47 bits per heavy atom. The third-order valence-electron chi connectivity index (χ3n) is 2.13. The SMILES string of the molecule is CCS(=O)(=O)NCCn1nc(C)cc1C. The summed E-state index contributed by atoms with van der Waals surface area (Å²) in [5, 5.41) is 4.24. The largest absolute Gasteiger partial charge is 0.268 e. The average molecular weight is 231 g/mol. The third kappa shape index (κ3) is 3.64. The second-order valence-corrected chi connectivity index (χ2v) is 5.54. The Labute approximate surface area is 90.5 Å². The van der Waals surface area contributed by atoms with Gasteiger partial charge in [0.2, 0.25) is 10.0 Å². The normalized spacial score (nSPS) is 11.9. The van der Waals surface area contributed by atoms with Gasteiger partial charge in [-0.1, -0.05) is 0 Å². The number of aromatic nitrogens is 2. The molecule has 6 heteroatoms. The maximum Gasteiger partial charge on any atom is 0.211 e. The van der Waals surface area contributed by atoms with Gasteiger partial charge in [-0.05, 0) is 26.8 Å². The predicted octanol–water partition coefficient (Wildman–Crippen LogP) is 0.439. The van der Waals surface area contributed by atoms with Crippen molar-refractivity contribution in [2.24, 2.45) is 0 Å². The van der Waals surface area contributed by atoms with Gasteiger partial charge in [0.15, 0.2) is 0 Å². The fourth-order valence-corrected chi connectivity index (χ4v) is 1.92. The van der Waals surface area contributed by atoms with Crippen LogP contribution in [0.25, 0.3) is 0 Å². The molecule has 0 unspecified atom stereocenters. The van der Waals surface area contributed by atoms with Gasteiger partial charge in [0.1, 0.15) is 0 Å². The van der Waals surface area contributed by atoms with Crippen molar-refractivity contribution >= 4 is 10.0 Å². The molecule has 0 aliphatic heterocycles. The fourth-order valence-electron chi connectivity index (χ4n) is 1.31. The highest BCUT2D eigenvalue weighted by Gasteiger charge is 2.06. The molecule has 0 radical (unpaired) electrons. The molecule has 0 fully saturated rings. The Kier molecular flexibility index (Phi) is 3.87. The van der Waals surface area contributed by atoms with E-state index in [0.29, 0.717) is 13.1 Å². The molecule has 0 atom stereocenters. The number of nitrogens with one attached hydrogen (secondary N) is 1. The van der Waals surface area contributed by atoms with Crippen molar-refractivity contribution in [3.05, 3.63) is 17.5 Å². The lowest BCUT2D eigenvalue weighted by Gasteiger charge is -2.05. The number of aryl methyl sites for hydroxylation is 2. The van der Waals surface area contributed by atoms with E-state index in [1.807, 2.05) is 19.9 Å². The smallest absolute Gasteiger partial charge is 0.211 e. The van der Waals surface area contributed by atoms with Gasteiger partial charge in [0.05, 0.1) is 18.0 Å². The van der Waals surface area contributed by atoms with Crippen LogP contribution in [0.4, 0.5) is 0 Å². The zero-order valence-electron chi connectivity index (χ0n) is 9.32. The van der Waals surface area contributed by atoms with Crippen LogP contribution in [-0.2, 0) is 16.6 Å². The minimum absolute atomic E-state index is 0.115. The molecule has 0 spiro atoms. The van der Waals surface area contributed by atoms with Crippen LogP contribution in [0.5, 0.6) is 0 Å². The summed E-state index contributed by atoms with van der Waals surface area (Å²) in [4.78, 5) is 0. The van der Waals surface area contributed by atoms with Crippen LogP contribution < -0.4 is 4.72 Å². The summed E-state index contributed by atoms with van der Waals surface area (Å²) in [5.41, 5.74) is 1.99. The van der Waals surface area contributed by atoms with Crippen molar-refractivity contribution in [2.45, 2.75) is 27.3 Å². The molecule has 86 valence electrons. The topological polar surface area (TPSA) is 64.0 Å². The highest BCUT2D eigenvalue weighted by Crippen LogP contribution is 2.00. The average Bonchev–Trinajstić information content (AvgIpc) is 2.45. The van der Waals surface area contributed by atoms with Gasteiger partial charge < -0.3 is 0 Å². The number of rotatable bonds is 5. The van der Waals surface area contributed by atoms with Crippen molar-refractivity contribution in [1.29, 1.82) is 0 Å². The second-order valence-electron chi connectivity index (χ2n) is 3.45. The Balaban J connectivity index is 2.48. The Morgan fingerprint density at radius 2 is 2.13 bits per heavy atom. The predicted molar refractivity (Wildman–Crippen MR) is 59.2 cm³/mol. The van der Waals surface area contributed by atoms with Crippen LogP contribution >= 0.6 is 0 Å². The van der Waals surface area contributed by atoms with Crippen LogP contribution in [0.1, 0.15) is 18.3 Å². The first-order valence-electron chi connectivity index (χ1n) is 4.93. The molecule has 1 N–H and O–H groups in total. The van der Waals surface area contributed by atoms with E-state index in [0.717, 1.165) is 11.4 Å². The van der Waals surface area contributed by atoms with Gasteiger partial charge in [-0.15, -0.1) is 0 Å². The molecule has 1 rings (SSSR count). The fraction of sp³-hybridized carbons (Fsp3) is 0.667. The zero-order chi connectivity index (χ0) is 11.5. The summed E-state index contributed by atoms with van der Waals surface area (Å²) in [5.74, 6) is 0.115. The van der Waals surface area contributed by atoms with E-state index in [4.69, 9.17) is 0 Å². The van der Waals surface area contributed by atoms with Crippen molar-refractivity contribution in [2.75, 3.05) is 12.3 Å². The maximum absolute atomic E-state index is 11.1. The van der Waals surface area contributed by atoms with Crippen molar-refractivity contribution in [3.8, 4) is 0 Å². The minimum atomic E-state index is -3.09. The Morgan fingerprint density at radius 3 is 2.60 bits per heavy atom. The van der Waals surface area contributed by atoms with Crippen LogP contribution in [0.15, 0.2) is 6.07 Å². The first kappa shape index (κ1) is 12.2. The summed E-state index contributed by atoms with van der Waals surface area (Å²) in [6, 6.07) is 1.97. The van der Waals surface area contributed by atoms with Crippen molar-refractivity contribution < 1.29 is 8.42 Å². The Bertz CT molecular complexity index is 423. The molecule has 0 aliphatic carbocycles. The quantitative estimate of drug-likeness (QED) is 0.799. The molecule has 15 heavy (non-hydrogen) atoms. The first-order chi connectivity index (χ1) is 6.94. The molecule has 1 aromatic heterocycles. The molecule has 5 nitrogen and oxygen atoms in total. The van der Waals surface area contributed by atoms with Gasteiger partial charge in [-0.2, -0.15) is 5.10 Å². The second kappa shape index (κ2) is 4.76. The molecule has 1 aromatic rings. The molecule has 0 saturated heterocycles. The van der Waals surface area contributed by atoms with Gasteiger partial charge in [0, 0.05) is 12.2 Å². The van der Waals surface area contributed by atoms with Gasteiger partial charge in [0.25, 0.3) is 0 Å². The Hall–Kier alpha value is -0.880. The standard InChI is InChI=1S/C9H17N3O2S/c1-4-15(13,14)10-5-6-12-9(3)7-8(2)11-12/h7,10H,4-6H2,1-3H3. The van der Waals surface area contributed by atoms with E-state index in [-0.39, 0.29) is 5.75 Å². The summed E-state index contributed by atoms with van der Waals surface area (Å²) in [7, 11) is -3.09. The molecular weight excluding hydrogens is 214 g/mol. The molecule has 0 saturated carbocycles. The molecule has 1 heterocycles. The van der Waals surface area contributed by atoms with Crippen molar-refractivity contribution in [1.82, 2.24) is 14.5 Å². The highest BCUT2D eigenvalue weighted by molar-refractivity contribution is 7.89. The monoisotopic (exact) mass is 231 g/mol. The third-order valence-corrected chi connectivity index (χ3v) is 3.53. The van der Waals surface area contributed by atoms with E-state index in [2.05, 4.69) is 9.82 Å². The van der Waals surface area contributed by atoms with E-state index in [1.54, 1.807) is 11.6 Å². The summed E-state index contributed by atoms with van der Waals surface area (Å²) in [6.45, 7) is 6.44. The first-order valence-corrected chi connectivity index (χ1v) is 6.58. The van der Waals surface area contributed by atoms with E-state index in [1.165, 1.54) is 0 Å². The van der Waals surface area contributed by atoms with Gasteiger partial charge in [-0.25, -0.2) is 13.1 Å². The summed E-state index contributed by atoms with van der Waals surface area (Å²) >= 11 is 0. The highest BCUT2D eigenvalue weighted by atomic mass is 32.2. The number of sulfonamides is 1. The van der Waals surface area contributed by atoms with E-state index < -0.39 is 10.0 Å². The lowest BCUT2D eigenvalue weighted by molar-refractivity contribution is 0.555. The van der Waals surface area contributed by atoms with Crippen LogP contribution in [-0.4, -0.2) is 30.5 Å². The molecule has 0 bridgehead atoms. The summed E-state index contributed by atoms with van der Waals surface area (Å²) < 4.78 is 26.6. The minimum Gasteiger partial charge on any atom is -0.268 e. The van der Waals surface area contributed by atoms with Crippen LogP contribution in [0.3, 0.4) is 0 Å². The lowest BCUT2D eigenvalue weighted by Crippen LogP contribution is -2.29. The van der Waals surface area contributed by atoms with Crippen LogP contribution in [0.2, 0.25) is 0 Å². The number of hydrogen-bond acceptors (Lipinski definition) is 3. The van der Waals surface area contributed by atoms with Gasteiger partial charge >= 0.3 is 0 Å². The van der Waals surface area contributed by atoms with E-state index in [9.17, 15) is 8.42 Å². The van der Waals surface area contributed by atoms with Gasteiger partial charge in [-0.3, -0.25) is 4.68 Å². The summed E-state index contributed by atoms with van der Waals surface area (Å²) in [6.07, 6.45) is 0. The molecule has 0 amide bonds. The van der Waals surface area contributed by atoms with Crippen LogP contribution in [0, 0.1) is 13.8 Å². The van der Waals surface area contributed by atoms with E-state index >= 15 is 0 Å².